The highest BCUT2D eigenvalue weighted by Crippen LogP contribution is 2.21. The van der Waals surface area contributed by atoms with E-state index in [1.54, 1.807) is 6.07 Å². The molecule has 2 atom stereocenters. The summed E-state index contributed by atoms with van der Waals surface area (Å²) in [5.74, 6) is 0.262. The van der Waals surface area contributed by atoms with Crippen LogP contribution >= 0.6 is 12.2 Å². The lowest BCUT2D eigenvalue weighted by Gasteiger charge is -2.20. The third-order valence-electron chi connectivity index (χ3n) is 3.11. The molecule has 0 fully saturated rings. The van der Waals surface area contributed by atoms with Gasteiger partial charge in [0.2, 0.25) is 0 Å². The lowest BCUT2D eigenvalue weighted by Crippen LogP contribution is -2.22. The van der Waals surface area contributed by atoms with Crippen molar-refractivity contribution in [3.8, 4) is 0 Å². The lowest BCUT2D eigenvalue weighted by atomic mass is 10.00. The Morgan fingerprint density at radius 3 is 2.67 bits per heavy atom. The normalized spacial score (nSPS) is 14.0. The van der Waals surface area contributed by atoms with Gasteiger partial charge >= 0.3 is 0 Å². The third-order valence-corrected chi connectivity index (χ3v) is 3.32. The molecule has 0 saturated heterocycles. The summed E-state index contributed by atoms with van der Waals surface area (Å²) in [7, 11) is 0. The van der Waals surface area contributed by atoms with E-state index < -0.39 is 0 Å². The van der Waals surface area contributed by atoms with Crippen molar-refractivity contribution < 1.29 is 4.39 Å². The lowest BCUT2D eigenvalue weighted by molar-refractivity contribution is 0.483. The van der Waals surface area contributed by atoms with Crippen LogP contribution in [0.2, 0.25) is 0 Å². The molecular weight excluding hydrogens is 247 g/mol. The average Bonchev–Trinajstić information content (AvgIpc) is 2.28. The molecule has 0 amide bonds. The summed E-state index contributed by atoms with van der Waals surface area (Å²) < 4.78 is 13.7. The van der Waals surface area contributed by atoms with Gasteiger partial charge in [0.1, 0.15) is 10.8 Å². The largest absolute Gasteiger partial charge is 0.389 e. The van der Waals surface area contributed by atoms with E-state index in [1.165, 1.54) is 6.07 Å². The summed E-state index contributed by atoms with van der Waals surface area (Å²) in [6.07, 6.45) is 2.17. The molecule has 0 radical (unpaired) electrons. The molecule has 18 heavy (non-hydrogen) atoms. The molecule has 0 heterocycles. The zero-order valence-electron chi connectivity index (χ0n) is 11.2. The Morgan fingerprint density at radius 2 is 2.11 bits per heavy atom. The van der Waals surface area contributed by atoms with Gasteiger partial charge in [-0.2, -0.15) is 0 Å². The number of anilines is 1. The van der Waals surface area contributed by atoms with Crippen LogP contribution in [-0.2, 0) is 0 Å². The number of hydrogen-bond acceptors (Lipinski definition) is 2. The van der Waals surface area contributed by atoms with Crippen molar-refractivity contribution in [2.45, 2.75) is 39.7 Å². The smallest absolute Gasteiger partial charge is 0.135 e. The molecule has 4 heteroatoms. The number of nitrogens with one attached hydrogen (secondary N) is 1. The first-order valence-electron chi connectivity index (χ1n) is 6.30. The molecule has 0 bridgehead atoms. The molecule has 1 aromatic carbocycles. The number of halogens is 1. The van der Waals surface area contributed by atoms with Crippen LogP contribution in [-0.4, -0.2) is 11.0 Å². The zero-order valence-corrected chi connectivity index (χ0v) is 12.0. The van der Waals surface area contributed by atoms with Gasteiger partial charge in [-0.05, 0) is 31.4 Å². The van der Waals surface area contributed by atoms with Gasteiger partial charge in [-0.15, -0.1) is 0 Å². The fourth-order valence-electron chi connectivity index (χ4n) is 1.99. The molecule has 0 aliphatic heterocycles. The van der Waals surface area contributed by atoms with Crippen LogP contribution in [0.3, 0.4) is 0 Å². The van der Waals surface area contributed by atoms with Crippen LogP contribution in [0.25, 0.3) is 0 Å². The Morgan fingerprint density at radius 1 is 1.44 bits per heavy atom. The maximum atomic E-state index is 13.7. The molecule has 3 N–H and O–H groups in total. The van der Waals surface area contributed by atoms with E-state index in [2.05, 4.69) is 26.1 Å². The highest BCUT2D eigenvalue weighted by molar-refractivity contribution is 7.80. The molecule has 100 valence electrons. The van der Waals surface area contributed by atoms with Crippen LogP contribution in [0.1, 0.15) is 39.2 Å². The summed E-state index contributed by atoms with van der Waals surface area (Å²) in [4.78, 5) is 0.0892. The van der Waals surface area contributed by atoms with E-state index in [-0.39, 0.29) is 16.8 Å². The van der Waals surface area contributed by atoms with Crippen molar-refractivity contribution in [2.24, 2.45) is 11.7 Å². The molecule has 1 rings (SSSR count). The van der Waals surface area contributed by atoms with Crippen molar-refractivity contribution in [2.75, 3.05) is 5.32 Å². The standard InChI is InChI=1S/C14H21FN2S/c1-4-9(2)8-10(3)17-12-7-5-6-11(15)13(12)14(16)18/h5-7,9-10,17H,4,8H2,1-3H3,(H2,16,18). The summed E-state index contributed by atoms with van der Waals surface area (Å²) in [6.45, 7) is 6.46. The molecule has 0 spiro atoms. The van der Waals surface area contributed by atoms with Crippen molar-refractivity contribution in [1.82, 2.24) is 0 Å². The van der Waals surface area contributed by atoms with E-state index in [4.69, 9.17) is 18.0 Å². The summed E-state index contributed by atoms with van der Waals surface area (Å²) in [5, 5.41) is 3.29. The van der Waals surface area contributed by atoms with E-state index in [9.17, 15) is 4.39 Å². The van der Waals surface area contributed by atoms with Crippen molar-refractivity contribution in [3.05, 3.63) is 29.6 Å². The highest BCUT2D eigenvalue weighted by atomic mass is 32.1. The fraction of sp³-hybridized carbons (Fsp3) is 0.500. The van der Waals surface area contributed by atoms with E-state index in [1.807, 2.05) is 6.07 Å². The first-order chi connectivity index (χ1) is 8.45. The number of hydrogen-bond donors (Lipinski definition) is 2. The summed E-state index contributed by atoms with van der Waals surface area (Å²) >= 11 is 4.90. The number of nitrogens with two attached hydrogens (primary N) is 1. The number of rotatable bonds is 6. The van der Waals surface area contributed by atoms with Crippen molar-refractivity contribution in [1.29, 1.82) is 0 Å². The average molecular weight is 268 g/mol. The Bertz CT molecular complexity index is 420. The van der Waals surface area contributed by atoms with Crippen LogP contribution in [0.4, 0.5) is 10.1 Å². The van der Waals surface area contributed by atoms with Crippen LogP contribution in [0.5, 0.6) is 0 Å². The predicted octanol–water partition coefficient (Wildman–Crippen LogP) is 3.70. The van der Waals surface area contributed by atoms with E-state index in [0.717, 1.165) is 12.8 Å². The van der Waals surface area contributed by atoms with Crippen LogP contribution in [0.15, 0.2) is 18.2 Å². The highest BCUT2D eigenvalue weighted by Gasteiger charge is 2.14. The third kappa shape index (κ3) is 3.95. The van der Waals surface area contributed by atoms with Crippen LogP contribution < -0.4 is 11.1 Å². The molecule has 1 aromatic rings. The minimum absolute atomic E-state index is 0.0892. The summed E-state index contributed by atoms with van der Waals surface area (Å²) in [5.41, 5.74) is 6.56. The maximum absolute atomic E-state index is 13.7. The second kappa shape index (κ2) is 6.69. The van der Waals surface area contributed by atoms with E-state index >= 15 is 0 Å². The van der Waals surface area contributed by atoms with Gasteiger partial charge in [-0.25, -0.2) is 4.39 Å². The van der Waals surface area contributed by atoms with E-state index in [0.29, 0.717) is 17.2 Å². The molecule has 0 saturated carbocycles. The monoisotopic (exact) mass is 268 g/mol. The fourth-order valence-corrected chi connectivity index (χ4v) is 2.20. The Balaban J connectivity index is 2.84. The second-order valence-corrected chi connectivity index (χ2v) is 5.26. The zero-order chi connectivity index (χ0) is 13.7. The van der Waals surface area contributed by atoms with Crippen molar-refractivity contribution in [3.63, 3.8) is 0 Å². The molecule has 2 nitrogen and oxygen atoms in total. The molecule has 0 aromatic heterocycles. The van der Waals surface area contributed by atoms with Gasteiger partial charge in [0.25, 0.3) is 0 Å². The SMILES string of the molecule is CCC(C)CC(C)Nc1cccc(F)c1C(N)=S. The Labute approximate surface area is 114 Å². The van der Waals surface area contributed by atoms with Gasteiger partial charge in [0.15, 0.2) is 0 Å². The summed E-state index contributed by atoms with van der Waals surface area (Å²) in [6, 6.07) is 5.11. The van der Waals surface area contributed by atoms with Gasteiger partial charge in [-0.1, -0.05) is 38.6 Å². The number of benzene rings is 1. The first kappa shape index (κ1) is 14.9. The minimum atomic E-state index is -0.372. The van der Waals surface area contributed by atoms with Gasteiger partial charge < -0.3 is 11.1 Å². The van der Waals surface area contributed by atoms with Gasteiger partial charge in [-0.3, -0.25) is 0 Å². The quantitative estimate of drug-likeness (QED) is 0.773. The van der Waals surface area contributed by atoms with Crippen LogP contribution in [0, 0.1) is 11.7 Å². The maximum Gasteiger partial charge on any atom is 0.135 e. The second-order valence-electron chi connectivity index (χ2n) is 4.82. The molecule has 0 aliphatic rings. The predicted molar refractivity (Wildman–Crippen MR) is 79.4 cm³/mol. The van der Waals surface area contributed by atoms with Gasteiger partial charge in [0.05, 0.1) is 5.56 Å². The Kier molecular flexibility index (Phi) is 5.54. The first-order valence-corrected chi connectivity index (χ1v) is 6.71. The molecule has 0 aliphatic carbocycles. The molecular formula is C14H21FN2S. The Hall–Kier alpha value is -1.16. The number of thiocarbonyl (C=S) groups is 1. The minimum Gasteiger partial charge on any atom is -0.389 e. The molecule has 2 unspecified atom stereocenters. The topological polar surface area (TPSA) is 38.0 Å². The van der Waals surface area contributed by atoms with Gasteiger partial charge in [0, 0.05) is 11.7 Å². The van der Waals surface area contributed by atoms with Crippen molar-refractivity contribution >= 4 is 22.9 Å².